The van der Waals surface area contributed by atoms with E-state index < -0.39 is 5.41 Å². The Labute approximate surface area is 201 Å². The zero-order valence-electron chi connectivity index (χ0n) is 19.7. The summed E-state index contributed by atoms with van der Waals surface area (Å²) in [7, 11) is 0. The largest absolute Gasteiger partial charge is 0.328 e. The van der Waals surface area contributed by atoms with Gasteiger partial charge in [-0.15, -0.1) is 0 Å². The highest BCUT2D eigenvalue weighted by atomic mass is 32.1. The van der Waals surface area contributed by atoms with Crippen molar-refractivity contribution in [1.82, 2.24) is 23.8 Å². The van der Waals surface area contributed by atoms with Crippen molar-refractivity contribution in [2.45, 2.75) is 53.1 Å². The van der Waals surface area contributed by atoms with Gasteiger partial charge in [0.25, 0.3) is 5.91 Å². The summed E-state index contributed by atoms with van der Waals surface area (Å²) in [5, 5.41) is 0.694. The van der Waals surface area contributed by atoms with Gasteiger partial charge in [0.15, 0.2) is 16.6 Å². The maximum atomic E-state index is 13.4. The third-order valence-electron chi connectivity index (χ3n) is 6.75. The molecule has 4 heterocycles. The molecule has 1 aromatic carbocycles. The number of nitrogens with zero attached hydrogens (tertiary/aromatic N) is 6. The number of aryl methyl sites for hydroxylation is 1. The summed E-state index contributed by atoms with van der Waals surface area (Å²) in [6.45, 7) is 9.28. The van der Waals surface area contributed by atoms with Gasteiger partial charge in [-0.2, -0.15) is 4.37 Å². The van der Waals surface area contributed by atoms with Crippen LogP contribution in [0.2, 0.25) is 0 Å². The van der Waals surface area contributed by atoms with Crippen molar-refractivity contribution >= 4 is 29.2 Å². The Morgan fingerprint density at radius 1 is 1.15 bits per heavy atom. The summed E-state index contributed by atoms with van der Waals surface area (Å²) in [6.07, 6.45) is 1.70. The molecule has 2 aliphatic heterocycles. The number of hydrogen-bond acceptors (Lipinski definition) is 6. The lowest BCUT2D eigenvalue weighted by molar-refractivity contribution is -0.128. The number of amides is 2. The van der Waals surface area contributed by atoms with E-state index in [2.05, 4.69) is 13.9 Å². The van der Waals surface area contributed by atoms with Gasteiger partial charge in [-0.1, -0.05) is 13.8 Å². The van der Waals surface area contributed by atoms with Crippen LogP contribution in [0.5, 0.6) is 0 Å². The minimum atomic E-state index is -0.476. The molecule has 2 aliphatic rings. The van der Waals surface area contributed by atoms with E-state index in [9.17, 15) is 14.0 Å². The third kappa shape index (κ3) is 3.70. The number of rotatable bonds is 3. The maximum Gasteiger partial charge on any atom is 0.254 e. The molecule has 8 nitrogen and oxygen atoms in total. The van der Waals surface area contributed by atoms with Crippen LogP contribution in [-0.4, -0.2) is 48.7 Å². The van der Waals surface area contributed by atoms with E-state index >= 15 is 0 Å². The van der Waals surface area contributed by atoms with Gasteiger partial charge in [0.2, 0.25) is 5.91 Å². The predicted octanol–water partition coefficient (Wildman–Crippen LogP) is 4.22. The SMILES string of the molecule is Cc1nsc(-c2nc(N3CCCC(C)(C)C3=O)c3n2CCN(C(=O)c2ccc(F)cc2)[C@@H]3C)n1. The Hall–Kier alpha value is -3.14. The van der Waals surface area contributed by atoms with Gasteiger partial charge < -0.3 is 9.47 Å². The van der Waals surface area contributed by atoms with Crippen molar-refractivity contribution in [2.75, 3.05) is 18.0 Å². The highest BCUT2D eigenvalue weighted by molar-refractivity contribution is 7.09. The second-order valence-electron chi connectivity index (χ2n) is 9.57. The number of carbonyl (C=O) groups excluding carboxylic acids is 2. The molecule has 1 atom stereocenters. The normalized spacial score (nSPS) is 19.9. The Kier molecular flexibility index (Phi) is 5.50. The van der Waals surface area contributed by atoms with Crippen LogP contribution in [0.3, 0.4) is 0 Å². The molecule has 1 fully saturated rings. The standard InChI is InChI=1S/C24H27FN6O2S/c1-14-18-19(31-11-5-10-24(3,4)23(31)33)27-20(21-26-15(2)28-34-21)30(18)13-12-29(14)22(32)16-6-8-17(25)9-7-16/h6-9,14H,5,10-13H2,1-4H3/t14-/m1/s1. The molecule has 3 aromatic rings. The molecule has 0 spiro atoms. The van der Waals surface area contributed by atoms with E-state index in [1.54, 1.807) is 9.80 Å². The monoisotopic (exact) mass is 482 g/mol. The highest BCUT2D eigenvalue weighted by Crippen LogP contribution is 2.41. The lowest BCUT2D eigenvalue weighted by Crippen LogP contribution is -2.47. The smallest absolute Gasteiger partial charge is 0.254 e. The summed E-state index contributed by atoms with van der Waals surface area (Å²) in [5.41, 5.74) is 0.768. The first kappa shape index (κ1) is 22.6. The summed E-state index contributed by atoms with van der Waals surface area (Å²) in [5.74, 6) is 1.41. The fraction of sp³-hybridized carbons (Fsp3) is 0.458. The quantitative estimate of drug-likeness (QED) is 0.558. The molecule has 0 unspecified atom stereocenters. The number of benzene rings is 1. The summed E-state index contributed by atoms with van der Waals surface area (Å²) in [4.78, 5) is 39.7. The Morgan fingerprint density at radius 3 is 2.56 bits per heavy atom. The first-order valence-electron chi connectivity index (χ1n) is 11.5. The van der Waals surface area contributed by atoms with Gasteiger partial charge in [-0.3, -0.25) is 14.5 Å². The predicted molar refractivity (Wildman–Crippen MR) is 127 cm³/mol. The molecule has 0 bridgehead atoms. The highest BCUT2D eigenvalue weighted by Gasteiger charge is 2.42. The molecular weight excluding hydrogens is 455 g/mol. The van der Waals surface area contributed by atoms with E-state index in [0.29, 0.717) is 47.7 Å². The molecule has 178 valence electrons. The molecule has 0 radical (unpaired) electrons. The fourth-order valence-corrected chi connectivity index (χ4v) is 5.55. The van der Waals surface area contributed by atoms with Crippen LogP contribution in [-0.2, 0) is 11.3 Å². The minimum absolute atomic E-state index is 0.0360. The van der Waals surface area contributed by atoms with Gasteiger partial charge >= 0.3 is 0 Å². The summed E-state index contributed by atoms with van der Waals surface area (Å²) >= 11 is 1.28. The molecule has 34 heavy (non-hydrogen) atoms. The lowest BCUT2D eigenvalue weighted by atomic mass is 9.83. The molecule has 0 aliphatic carbocycles. The second-order valence-corrected chi connectivity index (χ2v) is 10.3. The van der Waals surface area contributed by atoms with Crippen LogP contribution in [0.4, 0.5) is 10.2 Å². The van der Waals surface area contributed by atoms with Crippen molar-refractivity contribution in [3.05, 3.63) is 47.2 Å². The number of carbonyl (C=O) groups is 2. The zero-order valence-corrected chi connectivity index (χ0v) is 20.5. The number of anilines is 1. The molecule has 10 heteroatoms. The minimum Gasteiger partial charge on any atom is -0.328 e. The van der Waals surface area contributed by atoms with Gasteiger partial charge in [0.05, 0.1) is 11.7 Å². The van der Waals surface area contributed by atoms with E-state index in [-0.39, 0.29) is 23.7 Å². The third-order valence-corrected chi connectivity index (χ3v) is 7.55. The number of aromatic nitrogens is 4. The average molecular weight is 483 g/mol. The number of hydrogen-bond donors (Lipinski definition) is 0. The number of halogens is 1. The Morgan fingerprint density at radius 2 is 1.88 bits per heavy atom. The van der Waals surface area contributed by atoms with Crippen LogP contribution in [0.15, 0.2) is 24.3 Å². The zero-order chi connectivity index (χ0) is 24.2. The van der Waals surface area contributed by atoms with E-state index in [1.165, 1.54) is 35.8 Å². The molecule has 0 saturated carbocycles. The molecule has 0 N–H and O–H groups in total. The van der Waals surface area contributed by atoms with E-state index in [4.69, 9.17) is 4.98 Å². The van der Waals surface area contributed by atoms with E-state index in [0.717, 1.165) is 18.5 Å². The van der Waals surface area contributed by atoms with Crippen LogP contribution in [0.25, 0.3) is 10.8 Å². The molecule has 2 aromatic heterocycles. The Bertz CT molecular complexity index is 1260. The van der Waals surface area contributed by atoms with Gasteiger partial charge in [-0.25, -0.2) is 14.4 Å². The Balaban J connectivity index is 1.60. The lowest BCUT2D eigenvalue weighted by Gasteiger charge is -2.39. The molecule has 1 saturated heterocycles. The van der Waals surface area contributed by atoms with Crippen molar-refractivity contribution in [3.63, 3.8) is 0 Å². The molecule has 5 rings (SSSR count). The number of fused-ring (bicyclic) bond motifs is 1. The van der Waals surface area contributed by atoms with Crippen molar-refractivity contribution in [2.24, 2.45) is 5.41 Å². The van der Waals surface area contributed by atoms with Crippen LogP contribution < -0.4 is 4.90 Å². The first-order chi connectivity index (χ1) is 16.2. The van der Waals surface area contributed by atoms with Gasteiger partial charge in [-0.05, 0) is 62.5 Å². The van der Waals surface area contributed by atoms with Crippen LogP contribution in [0.1, 0.15) is 61.5 Å². The van der Waals surface area contributed by atoms with Gasteiger partial charge in [0.1, 0.15) is 11.6 Å². The van der Waals surface area contributed by atoms with Gasteiger partial charge in [0, 0.05) is 30.6 Å². The molecule has 2 amide bonds. The second kappa shape index (κ2) is 8.26. The van der Waals surface area contributed by atoms with Crippen LogP contribution in [0, 0.1) is 18.2 Å². The van der Waals surface area contributed by atoms with Crippen molar-refractivity contribution in [3.8, 4) is 10.8 Å². The topological polar surface area (TPSA) is 84.2 Å². The average Bonchev–Trinajstić information content (AvgIpc) is 3.40. The number of piperidine rings is 1. The number of imidazole rings is 1. The maximum absolute atomic E-state index is 13.4. The molecular formula is C24H27FN6O2S. The van der Waals surface area contributed by atoms with Crippen molar-refractivity contribution < 1.29 is 14.0 Å². The fourth-order valence-electron chi connectivity index (χ4n) is 4.88. The summed E-state index contributed by atoms with van der Waals surface area (Å²) < 4.78 is 19.8. The van der Waals surface area contributed by atoms with Crippen LogP contribution >= 0.6 is 11.5 Å². The summed E-state index contributed by atoms with van der Waals surface area (Å²) in [6, 6.07) is 5.26. The first-order valence-corrected chi connectivity index (χ1v) is 12.2. The van der Waals surface area contributed by atoms with E-state index in [1.807, 2.05) is 27.7 Å². The van der Waals surface area contributed by atoms with Crippen molar-refractivity contribution in [1.29, 1.82) is 0 Å².